The average molecular weight is 317 g/mol. The summed E-state index contributed by atoms with van der Waals surface area (Å²) < 4.78 is 4.67. The Morgan fingerprint density at radius 3 is 2.65 bits per heavy atom. The number of aromatic nitrogens is 1. The van der Waals surface area contributed by atoms with Gasteiger partial charge in [-0.2, -0.15) is 0 Å². The Balaban J connectivity index is 1.84. The van der Waals surface area contributed by atoms with Crippen LogP contribution < -0.4 is 5.32 Å². The summed E-state index contributed by atoms with van der Waals surface area (Å²) in [6.45, 7) is 3.18. The number of carbonyl (C=O) groups is 1. The van der Waals surface area contributed by atoms with Crippen LogP contribution in [0.5, 0.6) is 0 Å². The van der Waals surface area contributed by atoms with Crippen molar-refractivity contribution >= 4 is 34.0 Å². The van der Waals surface area contributed by atoms with Crippen LogP contribution in [0.4, 0.5) is 5.13 Å². The molecule has 1 aliphatic rings. The van der Waals surface area contributed by atoms with Gasteiger partial charge in [-0.3, -0.25) is 0 Å². The van der Waals surface area contributed by atoms with Crippen molar-refractivity contribution in [2.24, 2.45) is 11.8 Å². The smallest absolute Gasteiger partial charge is 0.351 e. The number of anilines is 1. The van der Waals surface area contributed by atoms with Crippen molar-refractivity contribution in [3.63, 3.8) is 0 Å². The highest BCUT2D eigenvalue weighted by molar-refractivity contribution is 7.18. The van der Waals surface area contributed by atoms with Crippen LogP contribution in [-0.2, 0) is 4.74 Å². The van der Waals surface area contributed by atoms with E-state index in [2.05, 4.69) is 22.0 Å². The van der Waals surface area contributed by atoms with Gasteiger partial charge in [0, 0.05) is 6.54 Å². The van der Waals surface area contributed by atoms with E-state index in [0.29, 0.717) is 15.9 Å². The fraction of sp³-hybridized carbons (Fsp3) is 0.714. The van der Waals surface area contributed by atoms with Crippen molar-refractivity contribution in [3.05, 3.63) is 10.0 Å². The average Bonchev–Trinajstić information content (AvgIpc) is 2.86. The molecule has 112 valence electrons. The molecule has 0 atom stereocenters. The molecule has 6 heteroatoms. The predicted octanol–water partition coefficient (Wildman–Crippen LogP) is 4.21. The Kier molecular flexibility index (Phi) is 5.66. The first-order valence-electron chi connectivity index (χ1n) is 7.12. The summed E-state index contributed by atoms with van der Waals surface area (Å²) >= 11 is 7.19. The third-order valence-corrected chi connectivity index (χ3v) is 5.42. The minimum Gasteiger partial charge on any atom is -0.465 e. The number of rotatable bonds is 5. The quantitative estimate of drug-likeness (QED) is 0.827. The first kappa shape index (κ1) is 15.6. The van der Waals surface area contributed by atoms with Gasteiger partial charge in [0.05, 0.1) is 7.11 Å². The number of ether oxygens (including phenoxy) is 1. The highest BCUT2D eigenvalue weighted by Gasteiger charge is 2.21. The molecule has 1 heterocycles. The number of carbonyl (C=O) groups excluding carboxylic acids is 1. The minimum atomic E-state index is -0.427. The lowest BCUT2D eigenvalue weighted by Crippen LogP contribution is -2.20. The third kappa shape index (κ3) is 3.85. The van der Waals surface area contributed by atoms with Gasteiger partial charge in [0.2, 0.25) is 0 Å². The Morgan fingerprint density at radius 1 is 1.40 bits per heavy atom. The second kappa shape index (κ2) is 7.27. The lowest BCUT2D eigenvalue weighted by atomic mass is 9.81. The lowest BCUT2D eigenvalue weighted by Gasteiger charge is -2.27. The highest BCUT2D eigenvalue weighted by Crippen LogP contribution is 2.32. The largest absolute Gasteiger partial charge is 0.465 e. The van der Waals surface area contributed by atoms with E-state index in [0.717, 1.165) is 12.5 Å². The van der Waals surface area contributed by atoms with E-state index in [1.54, 1.807) is 0 Å². The van der Waals surface area contributed by atoms with E-state index in [4.69, 9.17) is 11.6 Å². The predicted molar refractivity (Wildman–Crippen MR) is 82.7 cm³/mol. The van der Waals surface area contributed by atoms with Crippen LogP contribution in [0.25, 0.3) is 0 Å². The number of hydrogen-bond donors (Lipinski definition) is 1. The molecule has 1 aliphatic carbocycles. The SMILES string of the molecule is CCC1CCC(CNc2nc(Cl)c(C(=O)OC)s2)CC1. The minimum absolute atomic E-state index is 0.221. The molecule has 0 aromatic carbocycles. The van der Waals surface area contributed by atoms with Crippen molar-refractivity contribution in [1.82, 2.24) is 4.98 Å². The number of methoxy groups -OCH3 is 1. The van der Waals surface area contributed by atoms with E-state index in [9.17, 15) is 4.79 Å². The topological polar surface area (TPSA) is 51.2 Å². The van der Waals surface area contributed by atoms with Gasteiger partial charge in [-0.1, -0.05) is 49.1 Å². The number of nitrogens with zero attached hydrogens (tertiary/aromatic N) is 1. The van der Waals surface area contributed by atoms with Crippen LogP contribution in [0.1, 0.15) is 48.7 Å². The molecule has 0 saturated heterocycles. The molecule has 1 N–H and O–H groups in total. The van der Waals surface area contributed by atoms with Crippen molar-refractivity contribution in [1.29, 1.82) is 0 Å². The van der Waals surface area contributed by atoms with Gasteiger partial charge in [-0.25, -0.2) is 9.78 Å². The standard InChI is InChI=1S/C14H21ClN2O2S/c1-3-9-4-6-10(7-5-9)8-16-14-17-12(15)11(20-14)13(18)19-2/h9-10H,3-8H2,1-2H3,(H,16,17). The molecule has 1 fully saturated rings. The molecule has 4 nitrogen and oxygen atoms in total. The highest BCUT2D eigenvalue weighted by atomic mass is 35.5. The molecule has 0 unspecified atom stereocenters. The van der Waals surface area contributed by atoms with Gasteiger partial charge < -0.3 is 10.1 Å². The fourth-order valence-electron chi connectivity index (χ4n) is 2.67. The number of halogens is 1. The number of nitrogens with one attached hydrogen (secondary N) is 1. The molecule has 0 amide bonds. The van der Waals surface area contributed by atoms with Gasteiger partial charge in [-0.15, -0.1) is 0 Å². The molecule has 0 bridgehead atoms. The summed E-state index contributed by atoms with van der Waals surface area (Å²) in [4.78, 5) is 16.0. The van der Waals surface area contributed by atoms with Gasteiger partial charge in [0.15, 0.2) is 15.2 Å². The first-order valence-corrected chi connectivity index (χ1v) is 8.32. The normalized spacial score (nSPS) is 22.6. The van der Waals surface area contributed by atoms with E-state index in [1.807, 2.05) is 0 Å². The van der Waals surface area contributed by atoms with Crippen molar-refractivity contribution in [3.8, 4) is 0 Å². The van der Waals surface area contributed by atoms with Crippen LogP contribution in [-0.4, -0.2) is 24.6 Å². The summed E-state index contributed by atoms with van der Waals surface area (Å²) in [7, 11) is 1.34. The van der Waals surface area contributed by atoms with E-state index < -0.39 is 5.97 Å². The molecule has 0 spiro atoms. The molecular formula is C14H21ClN2O2S. The Hall–Kier alpha value is -0.810. The second-order valence-corrected chi connectivity index (χ2v) is 6.66. The first-order chi connectivity index (χ1) is 9.63. The Morgan fingerprint density at radius 2 is 2.05 bits per heavy atom. The summed E-state index contributed by atoms with van der Waals surface area (Å²) in [6.07, 6.45) is 6.50. The van der Waals surface area contributed by atoms with Crippen molar-refractivity contribution < 1.29 is 9.53 Å². The molecule has 2 rings (SSSR count). The van der Waals surface area contributed by atoms with Gasteiger partial charge in [0.25, 0.3) is 0 Å². The summed E-state index contributed by atoms with van der Waals surface area (Å²) in [5, 5.41) is 4.23. The molecular weight excluding hydrogens is 296 g/mol. The summed E-state index contributed by atoms with van der Waals surface area (Å²) in [5.41, 5.74) is 0. The van der Waals surface area contributed by atoms with Crippen LogP contribution in [0, 0.1) is 11.8 Å². The maximum atomic E-state index is 11.5. The van der Waals surface area contributed by atoms with Crippen molar-refractivity contribution in [2.75, 3.05) is 19.0 Å². The zero-order chi connectivity index (χ0) is 14.5. The monoisotopic (exact) mass is 316 g/mol. The van der Waals surface area contributed by atoms with E-state index in [1.165, 1.54) is 50.6 Å². The van der Waals surface area contributed by atoms with Gasteiger partial charge >= 0.3 is 5.97 Å². The van der Waals surface area contributed by atoms with Crippen molar-refractivity contribution in [2.45, 2.75) is 39.0 Å². The fourth-order valence-corrected chi connectivity index (χ4v) is 3.78. The zero-order valence-electron chi connectivity index (χ0n) is 11.9. The number of thiazole rings is 1. The summed E-state index contributed by atoms with van der Waals surface area (Å²) in [6, 6.07) is 0. The van der Waals surface area contributed by atoms with Crippen LogP contribution in [0.2, 0.25) is 5.15 Å². The molecule has 0 radical (unpaired) electrons. The molecule has 1 saturated carbocycles. The van der Waals surface area contributed by atoms with Gasteiger partial charge in [-0.05, 0) is 24.7 Å². The Bertz CT molecular complexity index is 456. The molecule has 1 aromatic rings. The number of esters is 1. The third-order valence-electron chi connectivity index (χ3n) is 4.04. The lowest BCUT2D eigenvalue weighted by molar-refractivity contribution is 0.0606. The Labute approximate surface area is 128 Å². The van der Waals surface area contributed by atoms with Crippen LogP contribution >= 0.6 is 22.9 Å². The van der Waals surface area contributed by atoms with Crippen LogP contribution in [0.3, 0.4) is 0 Å². The number of hydrogen-bond acceptors (Lipinski definition) is 5. The summed E-state index contributed by atoms with van der Waals surface area (Å²) in [5.74, 6) is 1.18. The molecule has 0 aliphatic heterocycles. The maximum Gasteiger partial charge on any atom is 0.351 e. The van der Waals surface area contributed by atoms with E-state index in [-0.39, 0.29) is 5.15 Å². The van der Waals surface area contributed by atoms with Gasteiger partial charge in [0.1, 0.15) is 0 Å². The zero-order valence-corrected chi connectivity index (χ0v) is 13.5. The molecule has 1 aromatic heterocycles. The second-order valence-electron chi connectivity index (χ2n) is 5.31. The van der Waals surface area contributed by atoms with E-state index >= 15 is 0 Å². The van der Waals surface area contributed by atoms with Crippen LogP contribution in [0.15, 0.2) is 0 Å². The maximum absolute atomic E-state index is 11.5. The molecule has 20 heavy (non-hydrogen) atoms.